The van der Waals surface area contributed by atoms with Gasteiger partial charge in [-0.25, -0.2) is 23.7 Å². The van der Waals surface area contributed by atoms with Gasteiger partial charge in [0.2, 0.25) is 0 Å². The molecular formula is C25H33F2N7. The first-order chi connectivity index (χ1) is 16.3. The molecule has 9 heteroatoms. The van der Waals surface area contributed by atoms with Gasteiger partial charge in [0.15, 0.2) is 0 Å². The molecule has 7 nitrogen and oxygen atoms in total. The Labute approximate surface area is 199 Å². The van der Waals surface area contributed by atoms with Gasteiger partial charge >= 0.3 is 0 Å². The lowest BCUT2D eigenvalue weighted by Crippen LogP contribution is -2.42. The maximum Gasteiger partial charge on any atom is 0.137 e. The number of aryl methyl sites for hydroxylation is 1. The average Bonchev–Trinajstić information content (AvgIpc) is 3.22. The van der Waals surface area contributed by atoms with Crippen LogP contribution in [0, 0.1) is 12.7 Å². The van der Waals surface area contributed by atoms with Crippen LogP contribution in [-0.2, 0) is 6.54 Å². The smallest absolute Gasteiger partial charge is 0.137 e. The van der Waals surface area contributed by atoms with Crippen LogP contribution < -0.4 is 16.0 Å². The highest BCUT2D eigenvalue weighted by Crippen LogP contribution is 2.36. The molecule has 3 N–H and O–H groups in total. The van der Waals surface area contributed by atoms with E-state index in [9.17, 15) is 4.39 Å². The minimum absolute atomic E-state index is 0.133. The van der Waals surface area contributed by atoms with Crippen LogP contribution in [0.1, 0.15) is 49.1 Å². The Morgan fingerprint density at radius 1 is 1.26 bits per heavy atom. The highest BCUT2D eigenvalue weighted by Gasteiger charge is 2.35. The summed E-state index contributed by atoms with van der Waals surface area (Å²) in [6.45, 7) is 8.07. The molecule has 3 heterocycles. The molecule has 1 aromatic carbocycles. The molecule has 0 bridgehead atoms. The lowest BCUT2D eigenvalue weighted by atomic mass is 9.93. The monoisotopic (exact) mass is 469 g/mol. The SMILES string of the molecule is CNCCn1cc(-c2ccc(F)c(C)c2)nc1C1CCN(c2ncnc(N)c2C(C)C)CC1F. The number of likely N-dealkylation sites (N-methyl/N-ethyl adjacent to an activating group) is 1. The van der Waals surface area contributed by atoms with Crippen LogP contribution in [-0.4, -0.2) is 52.4 Å². The second kappa shape index (κ2) is 10.0. The zero-order chi connectivity index (χ0) is 24.4. The lowest BCUT2D eigenvalue weighted by Gasteiger charge is -2.36. The van der Waals surface area contributed by atoms with Gasteiger partial charge in [0, 0.05) is 37.0 Å². The Balaban J connectivity index is 1.62. The van der Waals surface area contributed by atoms with Gasteiger partial charge < -0.3 is 20.5 Å². The quantitative estimate of drug-likeness (QED) is 0.543. The van der Waals surface area contributed by atoms with E-state index in [1.165, 1.54) is 12.4 Å². The van der Waals surface area contributed by atoms with Gasteiger partial charge in [0.1, 0.15) is 35.8 Å². The van der Waals surface area contributed by atoms with Gasteiger partial charge in [-0.05, 0) is 50.1 Å². The highest BCUT2D eigenvalue weighted by molar-refractivity contribution is 5.60. The van der Waals surface area contributed by atoms with Crippen molar-refractivity contribution < 1.29 is 8.78 Å². The van der Waals surface area contributed by atoms with Crippen molar-refractivity contribution in [3.8, 4) is 11.3 Å². The van der Waals surface area contributed by atoms with Crippen molar-refractivity contribution in [2.24, 2.45) is 0 Å². The van der Waals surface area contributed by atoms with Crippen molar-refractivity contribution in [3.05, 3.63) is 53.5 Å². The maximum atomic E-state index is 15.7. The summed E-state index contributed by atoms with van der Waals surface area (Å²) < 4.78 is 31.5. The fourth-order valence-electron chi connectivity index (χ4n) is 4.67. The van der Waals surface area contributed by atoms with Crippen molar-refractivity contribution in [3.63, 3.8) is 0 Å². The van der Waals surface area contributed by atoms with Crippen LogP contribution in [0.4, 0.5) is 20.4 Å². The number of anilines is 2. The van der Waals surface area contributed by atoms with E-state index in [2.05, 4.69) is 15.3 Å². The topological polar surface area (TPSA) is 84.9 Å². The van der Waals surface area contributed by atoms with Crippen molar-refractivity contribution in [2.75, 3.05) is 37.3 Å². The summed E-state index contributed by atoms with van der Waals surface area (Å²) in [4.78, 5) is 15.4. The van der Waals surface area contributed by atoms with Crippen LogP contribution in [0.2, 0.25) is 0 Å². The summed E-state index contributed by atoms with van der Waals surface area (Å²) in [5, 5.41) is 3.15. The summed E-state index contributed by atoms with van der Waals surface area (Å²) in [5.41, 5.74) is 9.09. The fourth-order valence-corrected chi connectivity index (χ4v) is 4.67. The van der Waals surface area contributed by atoms with Gasteiger partial charge in [0.05, 0.1) is 18.2 Å². The number of halogens is 2. The van der Waals surface area contributed by atoms with Crippen LogP contribution in [0.25, 0.3) is 11.3 Å². The first-order valence-electron chi connectivity index (χ1n) is 11.8. The van der Waals surface area contributed by atoms with E-state index in [1.807, 2.05) is 36.6 Å². The average molecular weight is 470 g/mol. The maximum absolute atomic E-state index is 15.7. The predicted octanol–water partition coefficient (Wildman–Crippen LogP) is 4.04. The minimum Gasteiger partial charge on any atom is -0.383 e. The molecule has 2 unspecified atom stereocenters. The fraction of sp³-hybridized carbons (Fsp3) is 0.480. The Kier molecular flexibility index (Phi) is 7.11. The molecule has 4 rings (SSSR count). The molecule has 182 valence electrons. The van der Waals surface area contributed by atoms with Gasteiger partial charge in [-0.3, -0.25) is 0 Å². The predicted molar refractivity (Wildman–Crippen MR) is 131 cm³/mol. The van der Waals surface area contributed by atoms with Gasteiger partial charge in [-0.15, -0.1) is 0 Å². The standard InChI is InChI=1S/C25H33F2N7/c1-15(2)22-23(28)30-14-31-25(22)33-9-7-18(20(27)12-33)24-32-21(13-34(24)10-8-29-4)17-5-6-19(26)16(3)11-17/h5-6,11,13-15,18,20,29H,7-10,12H2,1-4H3,(H2,28,30,31). The zero-order valence-electron chi connectivity index (χ0n) is 20.2. The molecule has 2 aromatic heterocycles. The molecule has 0 radical (unpaired) electrons. The number of alkyl halides is 1. The number of hydrogen-bond donors (Lipinski definition) is 2. The van der Waals surface area contributed by atoms with Crippen LogP contribution in [0.15, 0.2) is 30.7 Å². The first-order valence-corrected chi connectivity index (χ1v) is 11.8. The molecule has 1 saturated heterocycles. The van der Waals surface area contributed by atoms with Crippen LogP contribution >= 0.6 is 0 Å². The number of imidazole rings is 1. The van der Waals surface area contributed by atoms with E-state index in [4.69, 9.17) is 10.7 Å². The number of nitrogens with one attached hydrogen (secondary N) is 1. The summed E-state index contributed by atoms with van der Waals surface area (Å²) >= 11 is 0. The molecule has 0 saturated carbocycles. The minimum atomic E-state index is -1.12. The van der Waals surface area contributed by atoms with E-state index in [-0.39, 0.29) is 24.2 Å². The molecule has 0 aliphatic carbocycles. The largest absolute Gasteiger partial charge is 0.383 e. The number of piperidine rings is 1. The molecule has 2 atom stereocenters. The molecule has 1 aliphatic heterocycles. The Hall–Kier alpha value is -3.07. The van der Waals surface area contributed by atoms with Gasteiger partial charge in [-0.2, -0.15) is 0 Å². The van der Waals surface area contributed by atoms with Gasteiger partial charge in [-0.1, -0.05) is 13.8 Å². The van der Waals surface area contributed by atoms with Crippen molar-refractivity contribution >= 4 is 11.6 Å². The zero-order valence-corrected chi connectivity index (χ0v) is 20.2. The third-order valence-electron chi connectivity index (χ3n) is 6.51. The first kappa shape index (κ1) is 24.1. The number of nitrogen functional groups attached to an aromatic ring is 1. The number of nitrogens with two attached hydrogens (primary N) is 1. The van der Waals surface area contributed by atoms with E-state index in [0.717, 1.165) is 29.2 Å². The summed E-state index contributed by atoms with van der Waals surface area (Å²) in [7, 11) is 1.89. The lowest BCUT2D eigenvalue weighted by molar-refractivity contribution is 0.238. The molecule has 1 aliphatic rings. The molecule has 3 aromatic rings. The second-order valence-corrected chi connectivity index (χ2v) is 9.25. The second-order valence-electron chi connectivity index (χ2n) is 9.25. The molecular weight excluding hydrogens is 436 g/mol. The third-order valence-corrected chi connectivity index (χ3v) is 6.51. The number of hydrogen-bond acceptors (Lipinski definition) is 6. The number of benzene rings is 1. The Morgan fingerprint density at radius 2 is 2.06 bits per heavy atom. The Morgan fingerprint density at radius 3 is 2.74 bits per heavy atom. The normalized spacial score (nSPS) is 18.6. The number of rotatable bonds is 7. The summed E-state index contributed by atoms with van der Waals surface area (Å²) in [5.74, 6) is 1.43. The van der Waals surface area contributed by atoms with Crippen molar-refractivity contribution in [2.45, 2.75) is 51.7 Å². The third kappa shape index (κ3) is 4.75. The van der Waals surface area contributed by atoms with Crippen LogP contribution in [0.5, 0.6) is 0 Å². The summed E-state index contributed by atoms with van der Waals surface area (Å²) in [6, 6.07) is 4.96. The van der Waals surface area contributed by atoms with Crippen LogP contribution in [0.3, 0.4) is 0 Å². The summed E-state index contributed by atoms with van der Waals surface area (Å²) in [6.07, 6.45) is 2.86. The molecule has 1 fully saturated rings. The number of aromatic nitrogens is 4. The van der Waals surface area contributed by atoms with Crippen molar-refractivity contribution in [1.29, 1.82) is 0 Å². The molecule has 34 heavy (non-hydrogen) atoms. The van der Waals surface area contributed by atoms with E-state index in [1.54, 1.807) is 19.1 Å². The van der Waals surface area contributed by atoms with E-state index < -0.39 is 6.17 Å². The van der Waals surface area contributed by atoms with E-state index >= 15 is 4.39 Å². The molecule has 0 amide bonds. The van der Waals surface area contributed by atoms with Crippen molar-refractivity contribution in [1.82, 2.24) is 24.8 Å². The van der Waals surface area contributed by atoms with E-state index in [0.29, 0.717) is 36.7 Å². The number of nitrogens with zero attached hydrogens (tertiary/aromatic N) is 5. The highest BCUT2D eigenvalue weighted by atomic mass is 19.1. The Bertz CT molecular complexity index is 1140. The van der Waals surface area contributed by atoms with Gasteiger partial charge in [0.25, 0.3) is 0 Å². The molecule has 0 spiro atoms.